The van der Waals surface area contributed by atoms with Gasteiger partial charge in [-0.05, 0) is 30.2 Å². The highest BCUT2D eigenvalue weighted by molar-refractivity contribution is 6.42. The van der Waals surface area contributed by atoms with Gasteiger partial charge in [0.2, 0.25) is 0 Å². The molecule has 2 aromatic rings. The fourth-order valence-corrected chi connectivity index (χ4v) is 2.14. The molecule has 0 unspecified atom stereocenters. The van der Waals surface area contributed by atoms with Crippen molar-refractivity contribution in [1.29, 1.82) is 0 Å². The Morgan fingerprint density at radius 1 is 1.14 bits per heavy atom. The molecular weight excluding hydrogens is 318 g/mol. The molecule has 0 radical (unpaired) electrons. The third-order valence-corrected chi connectivity index (χ3v) is 3.60. The normalized spacial score (nSPS) is 10.4. The Labute approximate surface area is 130 Å². The van der Waals surface area contributed by atoms with Gasteiger partial charge in [-0.15, -0.1) is 0 Å². The van der Waals surface area contributed by atoms with Gasteiger partial charge in [0.15, 0.2) is 0 Å². The number of nitro groups is 1. The minimum absolute atomic E-state index is 0.132. The smallest absolute Gasteiger partial charge is 0.293 e. The molecule has 0 amide bonds. The van der Waals surface area contributed by atoms with Crippen LogP contribution in [-0.2, 0) is 6.42 Å². The molecule has 1 N–H and O–H groups in total. The first kappa shape index (κ1) is 15.5. The van der Waals surface area contributed by atoms with Gasteiger partial charge in [0, 0.05) is 12.6 Å². The topological polar surface area (TPSA) is 55.2 Å². The Balaban J connectivity index is 2.07. The summed E-state index contributed by atoms with van der Waals surface area (Å²) >= 11 is 11.6. The summed E-state index contributed by atoms with van der Waals surface area (Å²) in [5.74, 6) is -0.299. The van der Waals surface area contributed by atoms with Crippen molar-refractivity contribution in [3.63, 3.8) is 0 Å². The van der Waals surface area contributed by atoms with Crippen molar-refractivity contribution in [3.05, 3.63) is 67.9 Å². The lowest BCUT2D eigenvalue weighted by atomic mass is 10.1. The zero-order valence-corrected chi connectivity index (χ0v) is 12.3. The molecule has 110 valence electrons. The second-order valence-electron chi connectivity index (χ2n) is 4.34. The second-order valence-corrected chi connectivity index (χ2v) is 5.16. The predicted molar refractivity (Wildman–Crippen MR) is 81.7 cm³/mol. The molecular formula is C14H11Cl2FN2O2. The average Bonchev–Trinajstić information content (AvgIpc) is 2.44. The van der Waals surface area contributed by atoms with Gasteiger partial charge in [-0.3, -0.25) is 10.1 Å². The van der Waals surface area contributed by atoms with E-state index >= 15 is 0 Å². The standard InChI is InChI=1S/C14H11Cl2FN2O2/c15-11-7-13(14(19(20)21)8-12(11)16)18-6-5-9-1-3-10(17)4-2-9/h1-4,7-8,18H,5-6H2. The number of hydrogen-bond acceptors (Lipinski definition) is 3. The molecule has 0 fully saturated rings. The van der Waals surface area contributed by atoms with E-state index in [1.165, 1.54) is 24.3 Å². The summed E-state index contributed by atoms with van der Waals surface area (Å²) in [6.07, 6.45) is 0.595. The summed E-state index contributed by atoms with van der Waals surface area (Å²) in [7, 11) is 0. The van der Waals surface area contributed by atoms with Gasteiger partial charge in [-0.25, -0.2) is 4.39 Å². The van der Waals surface area contributed by atoms with Crippen LogP contribution in [0.1, 0.15) is 5.56 Å². The third kappa shape index (κ3) is 4.06. The molecule has 0 bridgehead atoms. The molecule has 2 aromatic carbocycles. The number of nitrogens with zero attached hydrogens (tertiary/aromatic N) is 1. The van der Waals surface area contributed by atoms with E-state index in [0.29, 0.717) is 18.7 Å². The van der Waals surface area contributed by atoms with Crippen LogP contribution in [0.3, 0.4) is 0 Å². The summed E-state index contributed by atoms with van der Waals surface area (Å²) in [5, 5.41) is 14.3. The van der Waals surface area contributed by atoms with Crippen molar-refractivity contribution in [3.8, 4) is 0 Å². The zero-order chi connectivity index (χ0) is 15.4. The van der Waals surface area contributed by atoms with Crippen LogP contribution in [0, 0.1) is 15.9 Å². The highest BCUT2D eigenvalue weighted by atomic mass is 35.5. The van der Waals surface area contributed by atoms with Crippen LogP contribution in [0.5, 0.6) is 0 Å². The van der Waals surface area contributed by atoms with E-state index in [0.717, 1.165) is 5.56 Å². The zero-order valence-electron chi connectivity index (χ0n) is 10.8. The fourth-order valence-electron chi connectivity index (χ4n) is 1.82. The Morgan fingerprint density at radius 2 is 1.76 bits per heavy atom. The second kappa shape index (κ2) is 6.74. The number of hydrogen-bond donors (Lipinski definition) is 1. The van der Waals surface area contributed by atoms with Crippen molar-refractivity contribution in [1.82, 2.24) is 0 Å². The molecule has 0 atom stereocenters. The van der Waals surface area contributed by atoms with Crippen molar-refractivity contribution in [2.45, 2.75) is 6.42 Å². The van der Waals surface area contributed by atoms with Crippen LogP contribution < -0.4 is 5.32 Å². The summed E-state index contributed by atoms with van der Waals surface area (Å²) < 4.78 is 12.8. The van der Waals surface area contributed by atoms with E-state index in [4.69, 9.17) is 23.2 Å². The van der Waals surface area contributed by atoms with Crippen LogP contribution in [0.15, 0.2) is 36.4 Å². The Kier molecular flexibility index (Phi) is 4.98. The van der Waals surface area contributed by atoms with Crippen LogP contribution in [0.4, 0.5) is 15.8 Å². The molecule has 0 spiro atoms. The molecule has 7 heteroatoms. The number of anilines is 1. The van der Waals surface area contributed by atoms with Crippen LogP contribution in [0.25, 0.3) is 0 Å². The highest BCUT2D eigenvalue weighted by Crippen LogP contribution is 2.33. The number of halogens is 3. The quantitative estimate of drug-likeness (QED) is 0.639. The summed E-state index contributed by atoms with van der Waals surface area (Å²) in [6.45, 7) is 0.449. The highest BCUT2D eigenvalue weighted by Gasteiger charge is 2.16. The minimum atomic E-state index is -0.525. The molecule has 0 saturated carbocycles. The number of nitro benzene ring substituents is 1. The lowest BCUT2D eigenvalue weighted by Crippen LogP contribution is -2.07. The first-order valence-corrected chi connectivity index (χ1v) is 6.84. The van der Waals surface area contributed by atoms with E-state index < -0.39 is 4.92 Å². The predicted octanol–water partition coefficient (Wildman–Crippen LogP) is 4.70. The number of benzene rings is 2. The first-order valence-electron chi connectivity index (χ1n) is 6.09. The van der Waals surface area contributed by atoms with Gasteiger partial charge >= 0.3 is 0 Å². The molecule has 4 nitrogen and oxygen atoms in total. The van der Waals surface area contributed by atoms with Crippen LogP contribution in [-0.4, -0.2) is 11.5 Å². The van der Waals surface area contributed by atoms with Crippen molar-refractivity contribution in [2.24, 2.45) is 0 Å². The van der Waals surface area contributed by atoms with E-state index in [2.05, 4.69) is 5.32 Å². The number of rotatable bonds is 5. The van der Waals surface area contributed by atoms with Gasteiger partial charge in [0.25, 0.3) is 5.69 Å². The van der Waals surface area contributed by atoms with E-state index in [1.807, 2.05) is 0 Å². The van der Waals surface area contributed by atoms with Gasteiger partial charge in [0.1, 0.15) is 11.5 Å². The largest absolute Gasteiger partial charge is 0.379 e. The van der Waals surface area contributed by atoms with E-state index in [9.17, 15) is 14.5 Å². The maximum atomic E-state index is 12.8. The molecule has 0 aliphatic heterocycles. The Morgan fingerprint density at radius 3 is 2.38 bits per heavy atom. The molecule has 0 aromatic heterocycles. The van der Waals surface area contributed by atoms with Crippen molar-refractivity contribution in [2.75, 3.05) is 11.9 Å². The van der Waals surface area contributed by atoms with Crippen LogP contribution >= 0.6 is 23.2 Å². The molecule has 0 heterocycles. The summed E-state index contributed by atoms with van der Waals surface area (Å²) in [4.78, 5) is 10.5. The van der Waals surface area contributed by atoms with Gasteiger partial charge < -0.3 is 5.32 Å². The van der Waals surface area contributed by atoms with Gasteiger partial charge in [0.05, 0.1) is 15.0 Å². The summed E-state index contributed by atoms with van der Waals surface area (Å²) in [5.41, 5.74) is 1.09. The molecule has 0 aliphatic rings. The SMILES string of the molecule is O=[N+]([O-])c1cc(Cl)c(Cl)cc1NCCc1ccc(F)cc1. The molecule has 0 aliphatic carbocycles. The first-order chi connectivity index (χ1) is 9.97. The van der Waals surface area contributed by atoms with Crippen molar-refractivity contribution < 1.29 is 9.31 Å². The average molecular weight is 329 g/mol. The fraction of sp³-hybridized carbons (Fsp3) is 0.143. The van der Waals surface area contributed by atoms with E-state index in [-0.39, 0.29) is 21.5 Å². The lowest BCUT2D eigenvalue weighted by molar-refractivity contribution is -0.383. The summed E-state index contributed by atoms with van der Waals surface area (Å²) in [6, 6.07) is 8.71. The Hall–Kier alpha value is -1.85. The molecule has 21 heavy (non-hydrogen) atoms. The van der Waals surface area contributed by atoms with Crippen LogP contribution in [0.2, 0.25) is 10.0 Å². The minimum Gasteiger partial charge on any atom is -0.379 e. The third-order valence-electron chi connectivity index (χ3n) is 2.88. The lowest BCUT2D eigenvalue weighted by Gasteiger charge is -2.08. The number of nitrogens with one attached hydrogen (secondary N) is 1. The van der Waals surface area contributed by atoms with Crippen molar-refractivity contribution >= 4 is 34.6 Å². The van der Waals surface area contributed by atoms with Gasteiger partial charge in [-0.1, -0.05) is 35.3 Å². The Bertz CT molecular complexity index is 663. The molecule has 2 rings (SSSR count). The van der Waals surface area contributed by atoms with E-state index in [1.54, 1.807) is 12.1 Å². The maximum absolute atomic E-state index is 12.8. The molecule has 0 saturated heterocycles. The monoisotopic (exact) mass is 328 g/mol. The van der Waals surface area contributed by atoms with Gasteiger partial charge in [-0.2, -0.15) is 0 Å². The maximum Gasteiger partial charge on any atom is 0.293 e.